The Kier molecular flexibility index (Phi) is 17.0. The van der Waals surface area contributed by atoms with Crippen LogP contribution in [0.4, 0.5) is 4.79 Å². The average molecular weight is 512 g/mol. The normalized spacial score (nSPS) is 14.3. The number of rotatable bonds is 17. The fraction of sp³-hybridized carbons (Fsp3) is 0.818. The molecule has 2 unspecified atom stereocenters. The Morgan fingerprint density at radius 2 is 1.64 bits per heavy atom. The number of hydrogen-bond acceptors (Lipinski definition) is 9. The number of ether oxygens (including phenoxy) is 1. The number of hydrogen-bond donors (Lipinski definition) is 2. The number of aliphatic hydroxyl groups excluding tert-OH is 1. The van der Waals surface area contributed by atoms with Gasteiger partial charge < -0.3 is 15.2 Å². The number of unbranched alkanes of at least 4 members (excludes halogenated alkanes) is 6. The number of nitrogens with one attached hydrogen (secondary N) is 1. The molecule has 0 fully saturated rings. The maximum absolute atomic E-state index is 12.1. The van der Waals surface area contributed by atoms with E-state index in [1.807, 2.05) is 6.08 Å². The van der Waals surface area contributed by atoms with Crippen LogP contribution >= 0.6 is 19.6 Å². The lowest BCUT2D eigenvalue weighted by Gasteiger charge is -2.26. The van der Waals surface area contributed by atoms with Gasteiger partial charge in [0.05, 0.1) is 18.8 Å². The van der Waals surface area contributed by atoms with Gasteiger partial charge >= 0.3 is 13.9 Å². The van der Waals surface area contributed by atoms with Crippen molar-refractivity contribution in [3.8, 4) is 0 Å². The number of aliphatic hydroxyl groups is 1. The first-order valence-corrected chi connectivity index (χ1v) is 13.7. The summed E-state index contributed by atoms with van der Waals surface area (Å²) in [6.07, 6.45) is 8.91. The number of allylic oxidation sites excluding steroid dienone is 1. The van der Waals surface area contributed by atoms with E-state index >= 15 is 0 Å². The largest absolute Gasteiger partial charge is 0.474 e. The number of carbonyl (C=O) groups is 2. The summed E-state index contributed by atoms with van der Waals surface area (Å²) in [4.78, 5) is 23.0. The van der Waals surface area contributed by atoms with Crippen LogP contribution in [0.15, 0.2) is 12.2 Å². The smallest absolute Gasteiger partial charge is 0.444 e. The second kappa shape index (κ2) is 17.5. The second-order valence-corrected chi connectivity index (χ2v) is 11.7. The van der Waals surface area contributed by atoms with E-state index < -0.39 is 31.7 Å². The lowest BCUT2D eigenvalue weighted by molar-refractivity contribution is -0.109. The van der Waals surface area contributed by atoms with Crippen molar-refractivity contribution >= 4 is 30.8 Å². The first-order valence-electron chi connectivity index (χ1n) is 11.3. The van der Waals surface area contributed by atoms with Crippen molar-refractivity contribution in [1.82, 2.24) is 5.32 Å². The van der Waals surface area contributed by atoms with Gasteiger partial charge in [-0.1, -0.05) is 49.6 Å². The van der Waals surface area contributed by atoms with Crippen molar-refractivity contribution in [1.29, 1.82) is 0 Å². The molecule has 0 aliphatic rings. The Morgan fingerprint density at radius 1 is 1.06 bits per heavy atom. The highest BCUT2D eigenvalue weighted by Crippen LogP contribution is 2.47. The lowest BCUT2D eigenvalue weighted by atomic mass is 10.1. The standard InChI is InChI=1S/C22H42NO8PS/c1-18(24)33-16-14-12-10-8-7-9-11-13-15-20(25)19(17-30-32(27,28-5)29-6)23-21(26)31-22(2,3)4/h13,15,19-20,25H,7-12,14,16-17H2,1-6H3,(H,23,26)/b15-13+. The summed E-state index contributed by atoms with van der Waals surface area (Å²) in [5, 5.41) is 13.2. The van der Waals surface area contributed by atoms with Crippen LogP contribution in [0, 0.1) is 0 Å². The van der Waals surface area contributed by atoms with E-state index in [4.69, 9.17) is 18.3 Å². The van der Waals surface area contributed by atoms with Crippen LogP contribution in [0.2, 0.25) is 0 Å². The third kappa shape index (κ3) is 18.1. The Balaban J connectivity index is 4.49. The minimum atomic E-state index is -3.76. The van der Waals surface area contributed by atoms with Gasteiger partial charge in [0.25, 0.3) is 0 Å². The molecule has 0 heterocycles. The van der Waals surface area contributed by atoms with Gasteiger partial charge in [-0.3, -0.25) is 18.4 Å². The Labute approximate surface area is 203 Å². The van der Waals surface area contributed by atoms with Gasteiger partial charge in [0.1, 0.15) is 5.60 Å². The molecule has 2 atom stereocenters. The highest BCUT2D eigenvalue weighted by Gasteiger charge is 2.29. The molecule has 9 nitrogen and oxygen atoms in total. The minimum Gasteiger partial charge on any atom is -0.444 e. The Bertz CT molecular complexity index is 630. The van der Waals surface area contributed by atoms with E-state index in [1.165, 1.54) is 26.0 Å². The van der Waals surface area contributed by atoms with Crippen LogP contribution in [-0.4, -0.2) is 60.6 Å². The quantitative estimate of drug-likeness (QED) is 0.154. The van der Waals surface area contributed by atoms with Gasteiger partial charge in [-0.2, -0.15) is 0 Å². The number of alkyl carbamates (subject to hydrolysis) is 1. The van der Waals surface area contributed by atoms with Gasteiger partial charge in [0.15, 0.2) is 5.12 Å². The third-order valence-electron chi connectivity index (χ3n) is 4.38. The van der Waals surface area contributed by atoms with Crippen molar-refractivity contribution in [2.24, 2.45) is 0 Å². The summed E-state index contributed by atoms with van der Waals surface area (Å²) in [7, 11) is -1.40. The molecular weight excluding hydrogens is 469 g/mol. The van der Waals surface area contributed by atoms with E-state index in [-0.39, 0.29) is 11.7 Å². The average Bonchev–Trinajstić information content (AvgIpc) is 2.73. The summed E-state index contributed by atoms with van der Waals surface area (Å²) in [5.41, 5.74) is -0.711. The molecule has 0 radical (unpaired) electrons. The van der Waals surface area contributed by atoms with Gasteiger partial charge in [-0.05, 0) is 40.0 Å². The second-order valence-electron chi connectivity index (χ2n) is 8.53. The molecule has 0 rings (SSSR count). The molecule has 0 aromatic rings. The maximum atomic E-state index is 12.1. The van der Waals surface area contributed by atoms with Crippen LogP contribution in [-0.2, 0) is 27.7 Å². The predicted molar refractivity (Wildman–Crippen MR) is 131 cm³/mol. The van der Waals surface area contributed by atoms with Gasteiger partial charge in [-0.25, -0.2) is 9.36 Å². The summed E-state index contributed by atoms with van der Waals surface area (Å²) < 4.78 is 32.0. The van der Waals surface area contributed by atoms with Crippen molar-refractivity contribution in [2.45, 2.75) is 90.4 Å². The fourth-order valence-electron chi connectivity index (χ4n) is 2.69. The summed E-state index contributed by atoms with van der Waals surface area (Å²) >= 11 is 1.38. The van der Waals surface area contributed by atoms with Crippen molar-refractivity contribution < 1.29 is 37.6 Å². The van der Waals surface area contributed by atoms with Crippen LogP contribution in [0.3, 0.4) is 0 Å². The van der Waals surface area contributed by atoms with Gasteiger partial charge in [0.2, 0.25) is 0 Å². The minimum absolute atomic E-state index is 0.172. The van der Waals surface area contributed by atoms with Gasteiger partial charge in [-0.15, -0.1) is 0 Å². The summed E-state index contributed by atoms with van der Waals surface area (Å²) in [5.74, 6) is 0.891. The Hall–Kier alpha value is -0.900. The van der Waals surface area contributed by atoms with E-state index in [0.29, 0.717) is 0 Å². The molecule has 0 spiro atoms. The van der Waals surface area contributed by atoms with Crippen molar-refractivity contribution in [3.05, 3.63) is 12.2 Å². The topological polar surface area (TPSA) is 120 Å². The highest BCUT2D eigenvalue weighted by atomic mass is 32.2. The van der Waals surface area contributed by atoms with E-state index in [9.17, 15) is 19.3 Å². The van der Waals surface area contributed by atoms with E-state index in [2.05, 4.69) is 5.32 Å². The van der Waals surface area contributed by atoms with Crippen LogP contribution in [0.1, 0.15) is 72.6 Å². The molecule has 0 aliphatic carbocycles. The molecular formula is C22H42NO8PS. The summed E-state index contributed by atoms with van der Waals surface area (Å²) in [6, 6.07) is -0.914. The molecule has 11 heteroatoms. The molecule has 0 saturated carbocycles. The zero-order valence-electron chi connectivity index (χ0n) is 20.8. The molecule has 33 heavy (non-hydrogen) atoms. The zero-order chi connectivity index (χ0) is 25.3. The van der Waals surface area contributed by atoms with E-state index in [0.717, 1.165) is 50.7 Å². The number of phosphoric ester groups is 1. The Morgan fingerprint density at radius 3 is 2.18 bits per heavy atom. The van der Waals surface area contributed by atoms with E-state index in [1.54, 1.807) is 33.8 Å². The first kappa shape index (κ1) is 32.1. The van der Waals surface area contributed by atoms with Crippen LogP contribution in [0.5, 0.6) is 0 Å². The maximum Gasteiger partial charge on any atom is 0.474 e. The fourth-order valence-corrected chi connectivity index (χ4v) is 4.03. The van der Waals surface area contributed by atoms with Crippen LogP contribution in [0.25, 0.3) is 0 Å². The molecule has 0 saturated heterocycles. The predicted octanol–water partition coefficient (Wildman–Crippen LogP) is 5.22. The number of carbonyl (C=O) groups excluding carboxylic acids is 2. The zero-order valence-corrected chi connectivity index (χ0v) is 22.5. The molecule has 0 aromatic carbocycles. The molecule has 1 amide bonds. The third-order valence-corrected chi connectivity index (χ3v) is 6.64. The molecule has 0 aliphatic heterocycles. The number of thioether (sulfide) groups is 1. The van der Waals surface area contributed by atoms with Crippen molar-refractivity contribution in [2.75, 3.05) is 26.6 Å². The SMILES string of the molecule is COP(=O)(OC)OCC(NC(=O)OC(C)(C)C)C(O)/C=C/CCCCCCCCSC(C)=O. The van der Waals surface area contributed by atoms with Gasteiger partial charge in [0, 0.05) is 26.9 Å². The number of amides is 1. The molecule has 0 aromatic heterocycles. The number of phosphoric acid groups is 1. The highest BCUT2D eigenvalue weighted by molar-refractivity contribution is 8.13. The van der Waals surface area contributed by atoms with Crippen molar-refractivity contribution in [3.63, 3.8) is 0 Å². The molecule has 2 N–H and O–H groups in total. The molecule has 194 valence electrons. The lowest BCUT2D eigenvalue weighted by Crippen LogP contribution is -2.47. The monoisotopic (exact) mass is 511 g/mol. The molecule has 0 bridgehead atoms. The summed E-state index contributed by atoms with van der Waals surface area (Å²) in [6.45, 7) is 6.47. The van der Waals surface area contributed by atoms with Crippen LogP contribution < -0.4 is 5.32 Å². The first-order chi connectivity index (χ1) is 15.4.